The molecule has 0 fully saturated rings. The van der Waals surface area contributed by atoms with Gasteiger partial charge in [-0.3, -0.25) is 4.79 Å². The summed E-state index contributed by atoms with van der Waals surface area (Å²) in [5, 5.41) is 13.2. The lowest BCUT2D eigenvalue weighted by Crippen LogP contribution is -2.20. The van der Waals surface area contributed by atoms with E-state index in [1.807, 2.05) is 0 Å². The van der Waals surface area contributed by atoms with E-state index < -0.39 is 17.1 Å². The fourth-order valence-corrected chi connectivity index (χ4v) is 2.48. The van der Waals surface area contributed by atoms with Gasteiger partial charge in [0.25, 0.3) is 0 Å². The van der Waals surface area contributed by atoms with Crippen molar-refractivity contribution in [2.24, 2.45) is 0 Å². The molecule has 0 unspecified atom stereocenters. The average molecular weight is 377 g/mol. The smallest absolute Gasteiger partial charge is 0.360 e. The first-order valence-electron chi connectivity index (χ1n) is 4.78. The van der Waals surface area contributed by atoms with E-state index >= 15 is 0 Å². The van der Waals surface area contributed by atoms with Crippen molar-refractivity contribution < 1.29 is 9.90 Å². The van der Waals surface area contributed by atoms with Gasteiger partial charge in [-0.2, -0.15) is 5.10 Å². The van der Waals surface area contributed by atoms with Crippen molar-refractivity contribution in [2.75, 3.05) is 0 Å². The third kappa shape index (κ3) is 2.54. The molecule has 0 atom stereocenters. The highest BCUT2D eigenvalue weighted by Gasteiger charge is 2.12. The van der Waals surface area contributed by atoms with Crippen LogP contribution in [0.5, 0.6) is 0 Å². The number of benzene rings is 1. The Hall–Kier alpha value is -1.41. The number of carbonyl (C=O) groups is 1. The van der Waals surface area contributed by atoms with Gasteiger partial charge in [0.15, 0.2) is 0 Å². The molecule has 0 aliphatic rings. The van der Waals surface area contributed by atoms with Crippen molar-refractivity contribution in [3.63, 3.8) is 0 Å². The van der Waals surface area contributed by atoms with Gasteiger partial charge in [0, 0.05) is 20.9 Å². The van der Waals surface area contributed by atoms with Crippen LogP contribution in [-0.2, 0) is 0 Å². The molecule has 2 rings (SSSR count). The summed E-state index contributed by atoms with van der Waals surface area (Å²) >= 11 is 7.89. The van der Waals surface area contributed by atoms with Crippen LogP contribution in [0, 0.1) is 3.57 Å². The lowest BCUT2D eigenvalue weighted by atomic mass is 10.3. The van der Waals surface area contributed by atoms with E-state index in [2.05, 4.69) is 27.7 Å². The van der Waals surface area contributed by atoms with E-state index in [0.29, 0.717) is 10.7 Å². The topological polar surface area (TPSA) is 72.2 Å². The largest absolute Gasteiger partial charge is 0.476 e. The Bertz CT molecular complexity index is 684. The van der Waals surface area contributed by atoms with Crippen LogP contribution in [0.25, 0.3) is 5.69 Å². The molecule has 0 aliphatic carbocycles. The van der Waals surface area contributed by atoms with Gasteiger partial charge in [0.2, 0.25) is 11.1 Å². The SMILES string of the molecule is O=C(O)c1nn(-c2ccc(Cl)cc2I)ccc1=O. The molecule has 1 N–H and O–H groups in total. The summed E-state index contributed by atoms with van der Waals surface area (Å²) in [6.07, 6.45) is 1.42. The normalized spacial score (nSPS) is 10.3. The summed E-state index contributed by atoms with van der Waals surface area (Å²) in [5.74, 6) is -1.35. The molecule has 0 aliphatic heterocycles. The van der Waals surface area contributed by atoms with Crippen LogP contribution in [0.4, 0.5) is 0 Å². The van der Waals surface area contributed by atoms with E-state index in [-0.39, 0.29) is 0 Å². The lowest BCUT2D eigenvalue weighted by Gasteiger charge is -2.08. The molecule has 1 heterocycles. The van der Waals surface area contributed by atoms with Crippen molar-refractivity contribution in [3.8, 4) is 5.69 Å². The van der Waals surface area contributed by atoms with Crippen LogP contribution in [0.2, 0.25) is 5.02 Å². The lowest BCUT2D eigenvalue weighted by molar-refractivity contribution is 0.0687. The fraction of sp³-hybridized carbons (Fsp3) is 0. The minimum Gasteiger partial charge on any atom is -0.476 e. The second-order valence-corrected chi connectivity index (χ2v) is 4.97. The molecule has 0 bridgehead atoms. The molecule has 0 amide bonds. The highest BCUT2D eigenvalue weighted by Crippen LogP contribution is 2.20. The van der Waals surface area contributed by atoms with Crippen LogP contribution < -0.4 is 5.43 Å². The molecule has 1 aromatic heterocycles. The van der Waals surface area contributed by atoms with Crippen molar-refractivity contribution in [2.45, 2.75) is 0 Å². The maximum absolute atomic E-state index is 11.3. The summed E-state index contributed by atoms with van der Waals surface area (Å²) in [6.45, 7) is 0. The second kappa shape index (κ2) is 5.07. The number of carboxylic acid groups (broad SMARTS) is 1. The maximum Gasteiger partial charge on any atom is 0.360 e. The molecule has 0 spiro atoms. The Balaban J connectivity index is 2.61. The zero-order valence-electron chi connectivity index (χ0n) is 8.80. The summed E-state index contributed by atoms with van der Waals surface area (Å²) < 4.78 is 2.13. The van der Waals surface area contributed by atoms with Crippen molar-refractivity contribution in [3.05, 3.63) is 55.0 Å². The summed E-state index contributed by atoms with van der Waals surface area (Å²) in [5.41, 5.74) is -0.478. The predicted octanol–water partition coefficient (Wildman–Crippen LogP) is 2.19. The predicted molar refractivity (Wildman–Crippen MR) is 74.5 cm³/mol. The summed E-state index contributed by atoms with van der Waals surface area (Å²) in [6, 6.07) is 6.26. The van der Waals surface area contributed by atoms with Crippen LogP contribution in [0.1, 0.15) is 10.5 Å². The first-order chi connectivity index (χ1) is 8.49. The number of hydrogen-bond donors (Lipinski definition) is 1. The minimum absolute atomic E-state index is 0.511. The Morgan fingerprint density at radius 1 is 1.39 bits per heavy atom. The summed E-state index contributed by atoms with van der Waals surface area (Å²) in [4.78, 5) is 22.1. The first kappa shape index (κ1) is 13.0. The molecule has 0 saturated heterocycles. The monoisotopic (exact) mass is 376 g/mol. The van der Waals surface area contributed by atoms with Crippen LogP contribution in [0.3, 0.4) is 0 Å². The standard InChI is InChI=1S/C11H6ClIN2O3/c12-6-1-2-8(7(13)5-6)15-4-3-9(16)10(14-15)11(17)18/h1-5H,(H,17,18). The van der Waals surface area contributed by atoms with Crippen molar-refractivity contribution in [1.29, 1.82) is 0 Å². The highest BCUT2D eigenvalue weighted by molar-refractivity contribution is 14.1. The van der Waals surface area contributed by atoms with E-state index in [0.717, 1.165) is 3.57 Å². The molecule has 5 nitrogen and oxygen atoms in total. The molecule has 18 heavy (non-hydrogen) atoms. The fourth-order valence-electron chi connectivity index (χ4n) is 1.36. The Labute approximate surface area is 120 Å². The van der Waals surface area contributed by atoms with Gasteiger partial charge >= 0.3 is 5.97 Å². The molecular weight excluding hydrogens is 370 g/mol. The van der Waals surface area contributed by atoms with Gasteiger partial charge in [-0.1, -0.05) is 11.6 Å². The number of rotatable bonds is 2. The van der Waals surface area contributed by atoms with Crippen LogP contribution >= 0.6 is 34.2 Å². The molecule has 0 saturated carbocycles. The summed E-state index contributed by atoms with van der Waals surface area (Å²) in [7, 11) is 0. The third-order valence-corrected chi connectivity index (χ3v) is 3.27. The number of nitrogens with zero attached hydrogens (tertiary/aromatic N) is 2. The average Bonchev–Trinajstić information content (AvgIpc) is 2.30. The molecule has 7 heteroatoms. The number of carboxylic acids is 1. The number of hydrogen-bond acceptors (Lipinski definition) is 3. The van der Waals surface area contributed by atoms with Gasteiger partial charge in [0.1, 0.15) is 0 Å². The zero-order valence-corrected chi connectivity index (χ0v) is 11.7. The second-order valence-electron chi connectivity index (χ2n) is 3.37. The maximum atomic E-state index is 11.3. The van der Waals surface area contributed by atoms with Crippen molar-refractivity contribution in [1.82, 2.24) is 9.78 Å². The third-order valence-electron chi connectivity index (χ3n) is 2.17. The molecule has 92 valence electrons. The molecule has 2 aromatic rings. The number of aromatic nitrogens is 2. The first-order valence-corrected chi connectivity index (χ1v) is 6.23. The highest BCUT2D eigenvalue weighted by atomic mass is 127. The van der Waals surface area contributed by atoms with E-state index in [9.17, 15) is 9.59 Å². The van der Waals surface area contributed by atoms with Gasteiger partial charge in [0.05, 0.1) is 5.69 Å². The van der Waals surface area contributed by atoms with E-state index in [1.54, 1.807) is 18.2 Å². The van der Waals surface area contributed by atoms with E-state index in [1.165, 1.54) is 16.9 Å². The number of halogens is 2. The quantitative estimate of drug-likeness (QED) is 0.816. The van der Waals surface area contributed by atoms with Crippen molar-refractivity contribution >= 4 is 40.2 Å². The van der Waals surface area contributed by atoms with E-state index in [4.69, 9.17) is 16.7 Å². The van der Waals surface area contributed by atoms with Gasteiger partial charge in [-0.15, -0.1) is 0 Å². The van der Waals surface area contributed by atoms with Gasteiger partial charge in [-0.25, -0.2) is 9.48 Å². The Morgan fingerprint density at radius 2 is 2.11 bits per heavy atom. The Morgan fingerprint density at radius 3 is 2.72 bits per heavy atom. The Kier molecular flexibility index (Phi) is 3.67. The minimum atomic E-state index is -1.35. The van der Waals surface area contributed by atoms with Crippen LogP contribution in [0.15, 0.2) is 35.3 Å². The zero-order chi connectivity index (χ0) is 13.3. The molecular formula is C11H6ClIN2O3. The van der Waals surface area contributed by atoms with Gasteiger partial charge in [-0.05, 0) is 40.8 Å². The molecule has 0 radical (unpaired) electrons. The van der Waals surface area contributed by atoms with Gasteiger partial charge < -0.3 is 5.11 Å². The van der Waals surface area contributed by atoms with Crippen LogP contribution in [-0.4, -0.2) is 20.9 Å². The molecule has 1 aromatic carbocycles. The number of aromatic carboxylic acids is 1.